The summed E-state index contributed by atoms with van der Waals surface area (Å²) in [5.41, 5.74) is 1.26. The predicted molar refractivity (Wildman–Crippen MR) is 68.1 cm³/mol. The van der Waals surface area contributed by atoms with Crippen LogP contribution in [0.5, 0.6) is 0 Å². The van der Waals surface area contributed by atoms with Crippen LogP contribution in [0.2, 0.25) is 0 Å². The standard InChI is InChI=1S/C15H18FNO/c16-14-3-1-2-12-13(14)9-11(15(12)18)8-10-4-6-17-7-5-10/h1-3,10-11,17H,4-9H2. The zero-order valence-electron chi connectivity index (χ0n) is 10.4. The molecule has 0 bridgehead atoms. The van der Waals surface area contributed by atoms with Gasteiger partial charge in [0.2, 0.25) is 0 Å². The van der Waals surface area contributed by atoms with Crippen LogP contribution in [0.1, 0.15) is 35.2 Å². The highest BCUT2D eigenvalue weighted by Gasteiger charge is 2.33. The van der Waals surface area contributed by atoms with Crippen LogP contribution in [0.15, 0.2) is 18.2 Å². The first-order chi connectivity index (χ1) is 8.75. The van der Waals surface area contributed by atoms with Crippen LogP contribution in [0.4, 0.5) is 4.39 Å². The zero-order valence-corrected chi connectivity index (χ0v) is 10.4. The van der Waals surface area contributed by atoms with E-state index in [-0.39, 0.29) is 17.5 Å². The molecule has 1 aliphatic heterocycles. The average molecular weight is 247 g/mol. The Bertz CT molecular complexity index is 466. The highest BCUT2D eigenvalue weighted by atomic mass is 19.1. The summed E-state index contributed by atoms with van der Waals surface area (Å²) in [4.78, 5) is 12.2. The Labute approximate surface area is 107 Å². The zero-order chi connectivity index (χ0) is 12.5. The number of carbonyl (C=O) groups excluding carboxylic acids is 1. The number of benzene rings is 1. The van der Waals surface area contributed by atoms with Crippen molar-refractivity contribution in [3.05, 3.63) is 35.1 Å². The van der Waals surface area contributed by atoms with E-state index in [0.29, 0.717) is 23.5 Å². The van der Waals surface area contributed by atoms with Crippen molar-refractivity contribution in [2.24, 2.45) is 11.8 Å². The first-order valence-electron chi connectivity index (χ1n) is 6.78. The highest BCUT2D eigenvalue weighted by molar-refractivity contribution is 6.02. The number of hydrogen-bond donors (Lipinski definition) is 1. The van der Waals surface area contributed by atoms with Gasteiger partial charge in [0, 0.05) is 11.5 Å². The van der Waals surface area contributed by atoms with Crippen molar-refractivity contribution in [3.63, 3.8) is 0 Å². The molecule has 1 aromatic rings. The van der Waals surface area contributed by atoms with Crippen LogP contribution in [-0.4, -0.2) is 18.9 Å². The van der Waals surface area contributed by atoms with Gasteiger partial charge < -0.3 is 5.32 Å². The molecule has 1 atom stereocenters. The van der Waals surface area contributed by atoms with Crippen molar-refractivity contribution in [1.82, 2.24) is 5.32 Å². The molecule has 18 heavy (non-hydrogen) atoms. The Hall–Kier alpha value is -1.22. The molecule has 3 heteroatoms. The lowest BCUT2D eigenvalue weighted by atomic mass is 9.86. The van der Waals surface area contributed by atoms with Crippen molar-refractivity contribution in [3.8, 4) is 0 Å². The van der Waals surface area contributed by atoms with E-state index in [1.54, 1.807) is 12.1 Å². The molecule has 0 amide bonds. The number of ketones is 1. The maximum absolute atomic E-state index is 13.7. The Morgan fingerprint density at radius 1 is 1.28 bits per heavy atom. The van der Waals surface area contributed by atoms with E-state index in [9.17, 15) is 9.18 Å². The molecule has 1 saturated heterocycles. The Morgan fingerprint density at radius 3 is 2.78 bits per heavy atom. The van der Waals surface area contributed by atoms with Crippen molar-refractivity contribution >= 4 is 5.78 Å². The van der Waals surface area contributed by atoms with Crippen molar-refractivity contribution < 1.29 is 9.18 Å². The fourth-order valence-electron chi connectivity index (χ4n) is 3.27. The summed E-state index contributed by atoms with van der Waals surface area (Å²) in [7, 11) is 0. The Morgan fingerprint density at radius 2 is 2.06 bits per heavy atom. The van der Waals surface area contributed by atoms with Crippen LogP contribution in [0.25, 0.3) is 0 Å². The van der Waals surface area contributed by atoms with Crippen molar-refractivity contribution in [2.75, 3.05) is 13.1 Å². The third-order valence-corrected chi connectivity index (χ3v) is 4.28. The number of carbonyl (C=O) groups is 1. The summed E-state index contributed by atoms with van der Waals surface area (Å²) in [6.45, 7) is 2.10. The Balaban J connectivity index is 1.73. The fraction of sp³-hybridized carbons (Fsp3) is 0.533. The van der Waals surface area contributed by atoms with Crippen LogP contribution in [0, 0.1) is 17.7 Å². The van der Waals surface area contributed by atoms with E-state index in [0.717, 1.165) is 32.4 Å². The van der Waals surface area contributed by atoms with E-state index in [1.807, 2.05) is 0 Å². The highest BCUT2D eigenvalue weighted by Crippen LogP contribution is 2.34. The fourth-order valence-corrected chi connectivity index (χ4v) is 3.27. The van der Waals surface area contributed by atoms with Gasteiger partial charge in [-0.15, -0.1) is 0 Å². The first kappa shape index (κ1) is 11.8. The minimum absolute atomic E-state index is 0.0139. The number of halogens is 1. The van der Waals surface area contributed by atoms with Gasteiger partial charge in [-0.3, -0.25) is 4.79 Å². The van der Waals surface area contributed by atoms with Gasteiger partial charge in [0.15, 0.2) is 5.78 Å². The van der Waals surface area contributed by atoms with Crippen LogP contribution in [0.3, 0.4) is 0 Å². The lowest BCUT2D eigenvalue weighted by Gasteiger charge is -2.24. The van der Waals surface area contributed by atoms with Gasteiger partial charge in [-0.25, -0.2) is 4.39 Å². The normalized spacial score (nSPS) is 24.3. The summed E-state index contributed by atoms with van der Waals surface area (Å²) >= 11 is 0. The Kier molecular flexibility index (Phi) is 3.16. The molecule has 96 valence electrons. The van der Waals surface area contributed by atoms with Gasteiger partial charge in [-0.2, -0.15) is 0 Å². The molecule has 1 N–H and O–H groups in total. The topological polar surface area (TPSA) is 29.1 Å². The molecule has 0 spiro atoms. The largest absolute Gasteiger partial charge is 0.317 e. The summed E-state index contributed by atoms with van der Waals surface area (Å²) in [6.07, 6.45) is 3.81. The molecular weight excluding hydrogens is 229 g/mol. The van der Waals surface area contributed by atoms with Crippen molar-refractivity contribution in [2.45, 2.75) is 25.7 Å². The van der Waals surface area contributed by atoms with Gasteiger partial charge in [-0.1, -0.05) is 12.1 Å². The maximum atomic E-state index is 13.7. The molecule has 2 aliphatic rings. The van der Waals surface area contributed by atoms with Gasteiger partial charge in [0.1, 0.15) is 5.82 Å². The molecular formula is C15H18FNO. The van der Waals surface area contributed by atoms with E-state index in [2.05, 4.69) is 5.32 Å². The average Bonchev–Trinajstić information content (AvgIpc) is 2.70. The molecule has 1 aliphatic carbocycles. The van der Waals surface area contributed by atoms with E-state index < -0.39 is 0 Å². The smallest absolute Gasteiger partial charge is 0.166 e. The molecule has 1 aromatic carbocycles. The number of rotatable bonds is 2. The van der Waals surface area contributed by atoms with Crippen molar-refractivity contribution in [1.29, 1.82) is 0 Å². The van der Waals surface area contributed by atoms with E-state index in [1.165, 1.54) is 6.07 Å². The number of Topliss-reactive ketones (excluding diaryl/α,β-unsaturated/α-hetero) is 1. The second kappa shape index (κ2) is 4.81. The number of piperidine rings is 1. The van der Waals surface area contributed by atoms with Gasteiger partial charge >= 0.3 is 0 Å². The van der Waals surface area contributed by atoms with E-state index in [4.69, 9.17) is 0 Å². The van der Waals surface area contributed by atoms with E-state index >= 15 is 0 Å². The van der Waals surface area contributed by atoms with Gasteiger partial charge in [0.25, 0.3) is 0 Å². The second-order valence-electron chi connectivity index (χ2n) is 5.46. The predicted octanol–water partition coefficient (Wildman–Crippen LogP) is 2.57. The molecule has 0 saturated carbocycles. The summed E-state index contributed by atoms with van der Waals surface area (Å²) in [6, 6.07) is 4.86. The molecule has 1 fully saturated rings. The number of fused-ring (bicyclic) bond motifs is 1. The number of hydrogen-bond acceptors (Lipinski definition) is 2. The lowest BCUT2D eigenvalue weighted by molar-refractivity contribution is 0.0913. The lowest BCUT2D eigenvalue weighted by Crippen LogP contribution is -2.29. The monoisotopic (exact) mass is 247 g/mol. The van der Waals surface area contributed by atoms with Crippen LogP contribution < -0.4 is 5.32 Å². The first-order valence-corrected chi connectivity index (χ1v) is 6.78. The summed E-state index contributed by atoms with van der Waals surface area (Å²) in [5, 5.41) is 3.33. The minimum Gasteiger partial charge on any atom is -0.317 e. The van der Waals surface area contributed by atoms with Gasteiger partial charge in [0.05, 0.1) is 0 Å². The maximum Gasteiger partial charge on any atom is 0.166 e. The third-order valence-electron chi connectivity index (χ3n) is 4.28. The SMILES string of the molecule is O=C1c2cccc(F)c2CC1CC1CCNCC1. The molecule has 2 nitrogen and oxygen atoms in total. The summed E-state index contributed by atoms with van der Waals surface area (Å²) in [5.74, 6) is 0.578. The molecule has 1 unspecified atom stereocenters. The molecule has 3 rings (SSSR count). The quantitative estimate of drug-likeness (QED) is 0.870. The summed E-state index contributed by atoms with van der Waals surface area (Å²) < 4.78 is 13.7. The molecule has 1 heterocycles. The second-order valence-corrected chi connectivity index (χ2v) is 5.46. The minimum atomic E-state index is -0.214. The third kappa shape index (κ3) is 2.07. The molecule has 0 aromatic heterocycles. The number of nitrogens with one attached hydrogen (secondary N) is 1. The van der Waals surface area contributed by atoms with Crippen LogP contribution in [-0.2, 0) is 6.42 Å². The van der Waals surface area contributed by atoms with Crippen LogP contribution >= 0.6 is 0 Å². The molecule has 0 radical (unpaired) electrons. The van der Waals surface area contributed by atoms with Gasteiger partial charge in [-0.05, 0) is 56.3 Å².